The molecule has 0 amide bonds. The molecule has 0 radical (unpaired) electrons. The molecule has 0 saturated heterocycles. The van der Waals surface area contributed by atoms with Gasteiger partial charge in [-0.2, -0.15) is 0 Å². The molecule has 108 valence electrons. The molecule has 3 nitrogen and oxygen atoms in total. The topological polar surface area (TPSA) is 63.3 Å². The smallest absolute Gasteiger partial charge is 0.303 e. The highest BCUT2D eigenvalue weighted by Crippen LogP contribution is 2.43. The van der Waals surface area contributed by atoms with Gasteiger partial charge in [-0.25, -0.2) is 0 Å². The van der Waals surface area contributed by atoms with Crippen molar-refractivity contribution < 1.29 is 9.90 Å². The molecule has 3 rings (SSSR count). The Labute approximate surface area is 124 Å². The first kappa shape index (κ1) is 13.8. The fourth-order valence-corrected chi connectivity index (χ4v) is 3.40. The van der Waals surface area contributed by atoms with E-state index in [2.05, 4.69) is 30.3 Å². The summed E-state index contributed by atoms with van der Waals surface area (Å²) in [6.45, 7) is 0.405. The third-order valence-electron chi connectivity index (χ3n) is 4.43. The number of nitrogens with two attached hydrogens (primary N) is 1. The standard InChI is InChI=1S/C18H19NO2/c19-12-18(11-17(20)21)9-14-7-4-8-15(16(14)10-18)13-5-2-1-3-6-13/h1-8H,9-12,19H2,(H,20,21). The van der Waals surface area contributed by atoms with Crippen LogP contribution < -0.4 is 5.73 Å². The number of benzene rings is 2. The molecular formula is C18H19NO2. The average Bonchev–Trinajstić information content (AvgIpc) is 2.85. The first-order chi connectivity index (χ1) is 10.1. The first-order valence-corrected chi connectivity index (χ1v) is 7.22. The van der Waals surface area contributed by atoms with Gasteiger partial charge in [0.2, 0.25) is 0 Å². The summed E-state index contributed by atoms with van der Waals surface area (Å²) in [5, 5.41) is 9.18. The molecule has 3 heteroatoms. The maximum Gasteiger partial charge on any atom is 0.303 e. The van der Waals surface area contributed by atoms with Crippen LogP contribution in [0.15, 0.2) is 48.5 Å². The van der Waals surface area contributed by atoms with E-state index in [4.69, 9.17) is 5.73 Å². The van der Waals surface area contributed by atoms with Gasteiger partial charge in [0, 0.05) is 5.41 Å². The minimum Gasteiger partial charge on any atom is -0.481 e. The molecule has 0 bridgehead atoms. The van der Waals surface area contributed by atoms with Crippen LogP contribution in [0.4, 0.5) is 0 Å². The van der Waals surface area contributed by atoms with Crippen LogP contribution in [0, 0.1) is 5.41 Å². The van der Waals surface area contributed by atoms with Gasteiger partial charge in [-0.1, -0.05) is 48.5 Å². The number of hydrogen-bond donors (Lipinski definition) is 2. The summed E-state index contributed by atoms with van der Waals surface area (Å²) in [5.74, 6) is -0.769. The number of fused-ring (bicyclic) bond motifs is 1. The number of aliphatic carboxylic acids is 1. The maximum absolute atomic E-state index is 11.2. The summed E-state index contributed by atoms with van der Waals surface area (Å²) in [4.78, 5) is 11.2. The fraction of sp³-hybridized carbons (Fsp3) is 0.278. The van der Waals surface area contributed by atoms with Crippen LogP contribution in [0.5, 0.6) is 0 Å². The lowest BCUT2D eigenvalue weighted by atomic mass is 9.81. The first-order valence-electron chi connectivity index (χ1n) is 7.22. The zero-order valence-electron chi connectivity index (χ0n) is 11.9. The Balaban J connectivity index is 2.02. The van der Waals surface area contributed by atoms with Crippen molar-refractivity contribution >= 4 is 5.97 Å². The van der Waals surface area contributed by atoms with Crippen molar-refractivity contribution in [3.63, 3.8) is 0 Å². The monoisotopic (exact) mass is 281 g/mol. The number of carboxylic acids is 1. The van der Waals surface area contributed by atoms with E-state index < -0.39 is 5.97 Å². The van der Waals surface area contributed by atoms with Gasteiger partial charge in [0.05, 0.1) is 6.42 Å². The van der Waals surface area contributed by atoms with Crippen molar-refractivity contribution in [3.05, 3.63) is 59.7 Å². The molecule has 3 N–H and O–H groups in total. The van der Waals surface area contributed by atoms with Crippen molar-refractivity contribution in [1.82, 2.24) is 0 Å². The Morgan fingerprint density at radius 3 is 2.52 bits per heavy atom. The Hall–Kier alpha value is -2.13. The highest BCUT2D eigenvalue weighted by molar-refractivity contribution is 5.72. The molecule has 0 heterocycles. The highest BCUT2D eigenvalue weighted by atomic mass is 16.4. The van der Waals surface area contributed by atoms with Gasteiger partial charge in [-0.05, 0) is 41.6 Å². The Morgan fingerprint density at radius 2 is 1.86 bits per heavy atom. The van der Waals surface area contributed by atoms with Crippen molar-refractivity contribution in [3.8, 4) is 11.1 Å². The summed E-state index contributed by atoms with van der Waals surface area (Å²) in [5.41, 5.74) is 10.5. The second kappa shape index (κ2) is 5.34. The van der Waals surface area contributed by atoms with Crippen LogP contribution >= 0.6 is 0 Å². The molecule has 0 fully saturated rings. The minimum atomic E-state index is -0.769. The summed E-state index contributed by atoms with van der Waals surface area (Å²) < 4.78 is 0. The molecule has 2 aromatic carbocycles. The predicted molar refractivity (Wildman–Crippen MR) is 83.0 cm³/mol. The van der Waals surface area contributed by atoms with Crippen molar-refractivity contribution in [2.24, 2.45) is 11.1 Å². The van der Waals surface area contributed by atoms with Crippen molar-refractivity contribution in [2.75, 3.05) is 6.54 Å². The Kier molecular flexibility index (Phi) is 3.52. The van der Waals surface area contributed by atoms with Gasteiger partial charge in [0.15, 0.2) is 0 Å². The molecule has 0 spiro atoms. The van der Waals surface area contributed by atoms with E-state index in [1.165, 1.54) is 22.3 Å². The van der Waals surface area contributed by atoms with E-state index in [0.29, 0.717) is 6.54 Å². The molecule has 0 aromatic heterocycles. The molecule has 0 aliphatic heterocycles. The number of hydrogen-bond acceptors (Lipinski definition) is 2. The van der Waals surface area contributed by atoms with Crippen LogP contribution in [0.3, 0.4) is 0 Å². The largest absolute Gasteiger partial charge is 0.481 e. The average molecular weight is 281 g/mol. The highest BCUT2D eigenvalue weighted by Gasteiger charge is 2.39. The van der Waals surface area contributed by atoms with E-state index in [-0.39, 0.29) is 11.8 Å². The second-order valence-electron chi connectivity index (χ2n) is 5.94. The summed E-state index contributed by atoms with van der Waals surface area (Å²) in [7, 11) is 0. The summed E-state index contributed by atoms with van der Waals surface area (Å²) >= 11 is 0. The van der Waals surface area contributed by atoms with E-state index in [9.17, 15) is 9.90 Å². The molecule has 1 aliphatic rings. The number of carbonyl (C=O) groups is 1. The summed E-state index contributed by atoms with van der Waals surface area (Å²) in [6, 6.07) is 16.5. The molecule has 0 saturated carbocycles. The van der Waals surface area contributed by atoms with Crippen LogP contribution in [-0.4, -0.2) is 17.6 Å². The quantitative estimate of drug-likeness (QED) is 0.905. The van der Waals surface area contributed by atoms with Gasteiger partial charge in [-0.3, -0.25) is 4.79 Å². The van der Waals surface area contributed by atoms with Gasteiger partial charge in [0.1, 0.15) is 0 Å². The van der Waals surface area contributed by atoms with Crippen molar-refractivity contribution in [2.45, 2.75) is 19.3 Å². The fourth-order valence-electron chi connectivity index (χ4n) is 3.40. The molecule has 2 aromatic rings. The van der Waals surface area contributed by atoms with Crippen LogP contribution in [-0.2, 0) is 17.6 Å². The molecule has 1 unspecified atom stereocenters. The Bertz CT molecular complexity index is 666. The maximum atomic E-state index is 11.2. The lowest BCUT2D eigenvalue weighted by Gasteiger charge is -2.25. The normalized spacial score (nSPS) is 20.2. The lowest BCUT2D eigenvalue weighted by molar-refractivity contribution is -0.139. The van der Waals surface area contributed by atoms with Crippen LogP contribution in [0.2, 0.25) is 0 Å². The molecule has 1 aliphatic carbocycles. The number of rotatable bonds is 4. The number of carboxylic acid groups (broad SMARTS) is 1. The van der Waals surface area contributed by atoms with E-state index >= 15 is 0 Å². The molecule has 21 heavy (non-hydrogen) atoms. The second-order valence-corrected chi connectivity index (χ2v) is 5.94. The predicted octanol–water partition coefficient (Wildman–Crippen LogP) is 2.87. The zero-order chi connectivity index (χ0) is 14.9. The molecular weight excluding hydrogens is 262 g/mol. The SMILES string of the molecule is NCC1(CC(=O)O)Cc2cccc(-c3ccccc3)c2C1. The summed E-state index contributed by atoms with van der Waals surface area (Å²) in [6.07, 6.45) is 1.63. The minimum absolute atomic E-state index is 0.131. The van der Waals surface area contributed by atoms with Crippen LogP contribution in [0.25, 0.3) is 11.1 Å². The third kappa shape index (κ3) is 2.57. The lowest BCUT2D eigenvalue weighted by Crippen LogP contribution is -2.33. The van der Waals surface area contributed by atoms with E-state index in [1.807, 2.05) is 18.2 Å². The third-order valence-corrected chi connectivity index (χ3v) is 4.43. The Morgan fingerprint density at radius 1 is 1.10 bits per heavy atom. The van der Waals surface area contributed by atoms with E-state index in [0.717, 1.165) is 12.8 Å². The van der Waals surface area contributed by atoms with Gasteiger partial charge in [0.25, 0.3) is 0 Å². The van der Waals surface area contributed by atoms with Crippen LogP contribution in [0.1, 0.15) is 17.5 Å². The van der Waals surface area contributed by atoms with Crippen molar-refractivity contribution in [1.29, 1.82) is 0 Å². The van der Waals surface area contributed by atoms with Gasteiger partial charge in [-0.15, -0.1) is 0 Å². The van der Waals surface area contributed by atoms with E-state index in [1.54, 1.807) is 0 Å². The van der Waals surface area contributed by atoms with Gasteiger partial charge >= 0.3 is 5.97 Å². The zero-order valence-corrected chi connectivity index (χ0v) is 11.9. The van der Waals surface area contributed by atoms with Gasteiger partial charge < -0.3 is 10.8 Å². The molecule has 1 atom stereocenters.